The van der Waals surface area contributed by atoms with Crippen LogP contribution in [0.25, 0.3) is 0 Å². The molecule has 3 amide bonds. The lowest BCUT2D eigenvalue weighted by atomic mass is 9.93. The van der Waals surface area contributed by atoms with E-state index >= 15 is 0 Å². The Hall–Kier alpha value is -2.41. The molecule has 1 atom stereocenters. The van der Waals surface area contributed by atoms with Gasteiger partial charge in [-0.2, -0.15) is 0 Å². The summed E-state index contributed by atoms with van der Waals surface area (Å²) in [6, 6.07) is 7.96. The van der Waals surface area contributed by atoms with E-state index in [1.807, 2.05) is 30.2 Å². The molecule has 156 valence electrons. The number of thiophene rings is 1. The fraction of sp³-hybridized carbons (Fsp3) is 0.455. The van der Waals surface area contributed by atoms with Gasteiger partial charge in [0.15, 0.2) is 0 Å². The Balaban J connectivity index is 1.89. The number of carbonyl (C=O) groups excluding carboxylic acids is 2. The molecule has 0 unspecified atom stereocenters. The van der Waals surface area contributed by atoms with E-state index in [1.165, 1.54) is 21.9 Å². The normalized spacial score (nSPS) is 15.9. The maximum absolute atomic E-state index is 13.5. The van der Waals surface area contributed by atoms with Gasteiger partial charge in [-0.15, -0.1) is 11.3 Å². The van der Waals surface area contributed by atoms with Gasteiger partial charge in [-0.05, 0) is 47.0 Å². The van der Waals surface area contributed by atoms with Crippen LogP contribution in [0, 0.1) is 11.7 Å². The molecule has 5 nitrogen and oxygen atoms in total. The van der Waals surface area contributed by atoms with Crippen molar-refractivity contribution in [1.29, 1.82) is 0 Å². The van der Waals surface area contributed by atoms with Crippen LogP contribution in [0.5, 0.6) is 0 Å². The zero-order valence-electron chi connectivity index (χ0n) is 17.4. The summed E-state index contributed by atoms with van der Waals surface area (Å²) in [5, 5.41) is 2.04. The van der Waals surface area contributed by atoms with Crippen LogP contribution in [-0.2, 0) is 11.2 Å². The third kappa shape index (κ3) is 4.78. The van der Waals surface area contributed by atoms with Crippen molar-refractivity contribution in [2.24, 2.45) is 5.92 Å². The smallest absolute Gasteiger partial charge is 0.319 e. The molecule has 1 aromatic carbocycles. The lowest BCUT2D eigenvalue weighted by Crippen LogP contribution is -2.49. The molecule has 2 heterocycles. The Morgan fingerprint density at radius 2 is 1.90 bits per heavy atom. The fourth-order valence-corrected chi connectivity index (χ4v) is 4.68. The number of urea groups is 1. The highest BCUT2D eigenvalue weighted by molar-refractivity contribution is 7.10. The Morgan fingerprint density at radius 1 is 1.21 bits per heavy atom. The molecule has 3 rings (SSSR count). The quantitative estimate of drug-likeness (QED) is 0.738. The SMILES string of the molecule is CC(C)CN(CC(=O)N1CCc2sccc2[C@@H]1c1ccc(F)cc1)C(=O)N(C)C. The first-order valence-electron chi connectivity index (χ1n) is 9.85. The Bertz CT molecular complexity index is 863. The predicted molar refractivity (Wildman–Crippen MR) is 113 cm³/mol. The maximum atomic E-state index is 13.5. The van der Waals surface area contributed by atoms with E-state index in [4.69, 9.17) is 0 Å². The largest absolute Gasteiger partial charge is 0.331 e. The van der Waals surface area contributed by atoms with E-state index in [1.54, 1.807) is 42.5 Å². The summed E-state index contributed by atoms with van der Waals surface area (Å²) in [5.41, 5.74) is 1.98. The van der Waals surface area contributed by atoms with Crippen LogP contribution >= 0.6 is 11.3 Å². The molecule has 2 aromatic rings. The molecule has 1 aromatic heterocycles. The van der Waals surface area contributed by atoms with Gasteiger partial charge in [0.2, 0.25) is 5.91 Å². The minimum atomic E-state index is -0.298. The van der Waals surface area contributed by atoms with Crippen molar-refractivity contribution in [3.63, 3.8) is 0 Å². The van der Waals surface area contributed by atoms with E-state index < -0.39 is 0 Å². The minimum Gasteiger partial charge on any atom is -0.331 e. The summed E-state index contributed by atoms with van der Waals surface area (Å²) in [4.78, 5) is 32.1. The molecule has 0 radical (unpaired) electrons. The molecule has 0 aliphatic carbocycles. The van der Waals surface area contributed by atoms with E-state index in [-0.39, 0.29) is 36.3 Å². The number of nitrogens with zero attached hydrogens (tertiary/aromatic N) is 3. The molecular formula is C22H28FN3O2S. The lowest BCUT2D eigenvalue weighted by Gasteiger charge is -2.38. The molecule has 7 heteroatoms. The van der Waals surface area contributed by atoms with Crippen molar-refractivity contribution < 1.29 is 14.0 Å². The summed E-state index contributed by atoms with van der Waals surface area (Å²) < 4.78 is 13.5. The number of rotatable bonds is 5. The molecule has 0 N–H and O–H groups in total. The minimum absolute atomic E-state index is 0.0341. The Labute approximate surface area is 175 Å². The van der Waals surface area contributed by atoms with Crippen LogP contribution in [0.4, 0.5) is 9.18 Å². The molecule has 0 saturated heterocycles. The maximum Gasteiger partial charge on any atom is 0.319 e. The van der Waals surface area contributed by atoms with Crippen molar-refractivity contribution in [3.8, 4) is 0 Å². The number of fused-ring (bicyclic) bond motifs is 1. The average Bonchev–Trinajstić information content (AvgIpc) is 3.15. The molecule has 1 aliphatic heterocycles. The molecule has 1 aliphatic rings. The van der Waals surface area contributed by atoms with E-state index in [0.717, 1.165) is 17.5 Å². The first kappa shape index (κ1) is 21.3. The van der Waals surface area contributed by atoms with E-state index in [9.17, 15) is 14.0 Å². The van der Waals surface area contributed by atoms with Gasteiger partial charge < -0.3 is 14.7 Å². The van der Waals surface area contributed by atoms with Gasteiger partial charge >= 0.3 is 6.03 Å². The third-order valence-corrected chi connectivity index (χ3v) is 6.03. The van der Waals surface area contributed by atoms with Crippen LogP contribution in [0.3, 0.4) is 0 Å². The van der Waals surface area contributed by atoms with Crippen LogP contribution in [-0.4, -0.2) is 60.4 Å². The number of hydrogen-bond acceptors (Lipinski definition) is 3. The van der Waals surface area contributed by atoms with Crippen molar-refractivity contribution in [2.45, 2.75) is 26.3 Å². The molecule has 0 bridgehead atoms. The van der Waals surface area contributed by atoms with Crippen LogP contribution in [0.1, 0.15) is 35.9 Å². The first-order valence-corrected chi connectivity index (χ1v) is 10.7. The van der Waals surface area contributed by atoms with Gasteiger partial charge in [0, 0.05) is 32.1 Å². The number of halogens is 1. The third-order valence-electron chi connectivity index (χ3n) is 5.04. The lowest BCUT2D eigenvalue weighted by molar-refractivity contribution is -0.134. The van der Waals surface area contributed by atoms with E-state index in [0.29, 0.717) is 13.1 Å². The first-order chi connectivity index (χ1) is 13.8. The summed E-state index contributed by atoms with van der Waals surface area (Å²) in [5.74, 6) is -0.135. The number of amides is 3. The van der Waals surface area contributed by atoms with Crippen molar-refractivity contribution in [3.05, 3.63) is 57.5 Å². The predicted octanol–water partition coefficient (Wildman–Crippen LogP) is 4.00. The highest BCUT2D eigenvalue weighted by Crippen LogP contribution is 2.37. The van der Waals surface area contributed by atoms with Gasteiger partial charge in [-0.25, -0.2) is 9.18 Å². The van der Waals surface area contributed by atoms with Crippen molar-refractivity contribution >= 4 is 23.3 Å². The standard InChI is InChI=1S/C22H28FN3O2S/c1-15(2)13-25(22(28)24(3)4)14-20(27)26-11-9-19-18(10-12-29-19)21(26)16-5-7-17(23)8-6-16/h5-8,10,12,15,21H,9,11,13-14H2,1-4H3/t21-/m0/s1. The molecule has 29 heavy (non-hydrogen) atoms. The summed E-state index contributed by atoms with van der Waals surface area (Å²) >= 11 is 1.69. The highest BCUT2D eigenvalue weighted by Gasteiger charge is 2.34. The zero-order valence-corrected chi connectivity index (χ0v) is 18.2. The Morgan fingerprint density at radius 3 is 2.52 bits per heavy atom. The van der Waals surface area contributed by atoms with Crippen molar-refractivity contribution in [2.75, 3.05) is 33.7 Å². The summed E-state index contributed by atoms with van der Waals surface area (Å²) in [6.07, 6.45) is 0.794. The molecular weight excluding hydrogens is 389 g/mol. The molecule has 0 fully saturated rings. The van der Waals surface area contributed by atoms with Gasteiger partial charge in [0.1, 0.15) is 12.4 Å². The van der Waals surface area contributed by atoms with Crippen molar-refractivity contribution in [1.82, 2.24) is 14.7 Å². The van der Waals surface area contributed by atoms with Gasteiger partial charge in [-0.1, -0.05) is 26.0 Å². The second-order valence-electron chi connectivity index (χ2n) is 8.04. The summed E-state index contributed by atoms with van der Waals surface area (Å²) in [7, 11) is 3.39. The topological polar surface area (TPSA) is 43.9 Å². The van der Waals surface area contributed by atoms with E-state index in [2.05, 4.69) is 0 Å². The van der Waals surface area contributed by atoms with Crippen LogP contribution < -0.4 is 0 Å². The molecule has 0 spiro atoms. The number of benzene rings is 1. The average molecular weight is 418 g/mol. The summed E-state index contributed by atoms with van der Waals surface area (Å²) in [6.45, 7) is 5.19. The number of carbonyl (C=O) groups is 2. The van der Waals surface area contributed by atoms with Gasteiger partial charge in [0.05, 0.1) is 6.04 Å². The van der Waals surface area contributed by atoms with Crippen LogP contribution in [0.2, 0.25) is 0 Å². The Kier molecular flexibility index (Phi) is 6.57. The second-order valence-corrected chi connectivity index (χ2v) is 9.04. The van der Waals surface area contributed by atoms with Gasteiger partial charge in [-0.3, -0.25) is 4.79 Å². The van der Waals surface area contributed by atoms with Gasteiger partial charge in [0.25, 0.3) is 0 Å². The zero-order chi connectivity index (χ0) is 21.1. The monoisotopic (exact) mass is 417 g/mol. The number of hydrogen-bond donors (Lipinski definition) is 0. The molecule has 0 saturated carbocycles. The second kappa shape index (κ2) is 8.95. The van der Waals surface area contributed by atoms with Crippen LogP contribution in [0.15, 0.2) is 35.7 Å². The highest BCUT2D eigenvalue weighted by atomic mass is 32.1. The fourth-order valence-electron chi connectivity index (χ4n) is 3.78.